The van der Waals surface area contributed by atoms with E-state index >= 15 is 0 Å². The molecular weight excluding hydrogens is 390 g/mol. The Balaban J connectivity index is 1.80. The number of hydrogen-bond donors (Lipinski definition) is 0. The normalized spacial score (nSPS) is 12.6. The highest BCUT2D eigenvalue weighted by molar-refractivity contribution is 6.14. The van der Waals surface area contributed by atoms with Crippen LogP contribution >= 0.6 is 0 Å². The number of halogens is 4. The number of alkyl halides is 3. The molecule has 0 saturated carbocycles. The van der Waals surface area contributed by atoms with Gasteiger partial charge in [0.1, 0.15) is 28.8 Å². The van der Waals surface area contributed by atoms with Crippen molar-refractivity contribution in [2.75, 3.05) is 7.11 Å². The molecule has 4 aromatic rings. The van der Waals surface area contributed by atoms with E-state index in [0.717, 1.165) is 6.07 Å². The van der Waals surface area contributed by atoms with Gasteiger partial charge in [-0.15, -0.1) is 13.2 Å². The number of methoxy groups -OCH3 is 1. The minimum absolute atomic E-state index is 0.168. The van der Waals surface area contributed by atoms with Crippen LogP contribution in [0.5, 0.6) is 23.0 Å². The predicted octanol–water partition coefficient (Wildman–Crippen LogP) is 6.21. The van der Waals surface area contributed by atoms with Crippen LogP contribution in [0.2, 0.25) is 0 Å². The summed E-state index contributed by atoms with van der Waals surface area (Å²) in [5.41, 5.74) is 1.33. The number of nitrogens with zero attached hydrogens (tertiary/aromatic N) is 1. The number of ether oxygens (including phenoxy) is 3. The van der Waals surface area contributed by atoms with Gasteiger partial charge >= 0.3 is 6.36 Å². The smallest absolute Gasteiger partial charge is 0.497 e. The van der Waals surface area contributed by atoms with Crippen LogP contribution in [0.4, 0.5) is 17.6 Å². The maximum atomic E-state index is 14.8. The van der Waals surface area contributed by atoms with E-state index < -0.39 is 17.9 Å². The molecule has 146 valence electrons. The number of fused-ring (bicyclic) bond motifs is 4. The van der Waals surface area contributed by atoms with Crippen LogP contribution in [0.1, 0.15) is 0 Å². The van der Waals surface area contributed by atoms with Gasteiger partial charge in [-0.1, -0.05) is 12.1 Å². The van der Waals surface area contributed by atoms with Gasteiger partial charge in [0, 0.05) is 29.1 Å². The predicted molar refractivity (Wildman–Crippen MR) is 98.0 cm³/mol. The maximum absolute atomic E-state index is 14.8. The van der Waals surface area contributed by atoms with Gasteiger partial charge in [0.05, 0.1) is 23.7 Å². The summed E-state index contributed by atoms with van der Waals surface area (Å²) < 4.78 is 67.4. The summed E-state index contributed by atoms with van der Waals surface area (Å²) >= 11 is 0. The Labute approximate surface area is 161 Å². The minimum atomic E-state index is -4.82. The van der Waals surface area contributed by atoms with E-state index in [2.05, 4.69) is 9.72 Å². The number of aromatic nitrogens is 1. The molecule has 5 rings (SSSR count). The second-order valence-electron chi connectivity index (χ2n) is 6.45. The van der Waals surface area contributed by atoms with Crippen molar-refractivity contribution in [3.63, 3.8) is 0 Å². The third kappa shape index (κ3) is 2.79. The second-order valence-corrected chi connectivity index (χ2v) is 6.45. The van der Waals surface area contributed by atoms with E-state index in [1.165, 1.54) is 25.3 Å². The zero-order valence-electron chi connectivity index (χ0n) is 14.8. The van der Waals surface area contributed by atoms with Gasteiger partial charge in [-0.2, -0.15) is 0 Å². The lowest BCUT2D eigenvalue weighted by Crippen LogP contribution is -2.17. The lowest BCUT2D eigenvalue weighted by Gasteiger charge is -2.22. The number of benzene rings is 3. The Bertz CT molecular complexity index is 1300. The first kappa shape index (κ1) is 17.5. The van der Waals surface area contributed by atoms with Crippen LogP contribution in [0.15, 0.2) is 48.5 Å². The third-order valence-corrected chi connectivity index (χ3v) is 4.70. The second kappa shape index (κ2) is 5.97. The highest BCUT2D eigenvalue weighted by Crippen LogP contribution is 2.48. The van der Waals surface area contributed by atoms with Gasteiger partial charge in [0.2, 0.25) is 0 Å². The molecule has 1 aliphatic heterocycles. The zero-order valence-corrected chi connectivity index (χ0v) is 14.8. The third-order valence-electron chi connectivity index (χ3n) is 4.70. The maximum Gasteiger partial charge on any atom is 0.573 e. The molecule has 1 aromatic heterocycles. The van der Waals surface area contributed by atoms with Crippen molar-refractivity contribution in [2.45, 2.75) is 6.36 Å². The van der Waals surface area contributed by atoms with E-state index in [1.807, 2.05) is 0 Å². The number of hydrogen-bond acceptors (Lipinski definition) is 4. The minimum Gasteiger partial charge on any atom is -0.497 e. The van der Waals surface area contributed by atoms with Crippen LogP contribution in [-0.2, 0) is 0 Å². The molecular formula is C21H11F4NO3. The molecule has 0 radical (unpaired) electrons. The van der Waals surface area contributed by atoms with E-state index in [-0.39, 0.29) is 5.75 Å². The molecule has 0 atom stereocenters. The van der Waals surface area contributed by atoms with Crippen LogP contribution in [0.25, 0.3) is 32.9 Å². The molecule has 1 aliphatic rings. The van der Waals surface area contributed by atoms with Crippen LogP contribution in [-0.4, -0.2) is 18.5 Å². The van der Waals surface area contributed by atoms with Crippen LogP contribution < -0.4 is 14.2 Å². The molecule has 2 heterocycles. The van der Waals surface area contributed by atoms with Crippen molar-refractivity contribution in [1.29, 1.82) is 0 Å². The summed E-state index contributed by atoms with van der Waals surface area (Å²) in [4.78, 5) is 4.59. The number of rotatable bonds is 2. The average Bonchev–Trinajstić information content (AvgIpc) is 2.66. The highest BCUT2D eigenvalue weighted by atomic mass is 19.4. The molecule has 0 aliphatic carbocycles. The first-order chi connectivity index (χ1) is 13.8. The molecule has 4 nitrogen and oxygen atoms in total. The van der Waals surface area contributed by atoms with Gasteiger partial charge in [-0.3, -0.25) is 0 Å². The van der Waals surface area contributed by atoms with Gasteiger partial charge in [0.25, 0.3) is 0 Å². The molecule has 0 amide bonds. The quantitative estimate of drug-likeness (QED) is 0.261. The molecule has 0 fully saturated rings. The Hall–Kier alpha value is -3.55. The fourth-order valence-corrected chi connectivity index (χ4v) is 3.58. The monoisotopic (exact) mass is 401 g/mol. The lowest BCUT2D eigenvalue weighted by molar-refractivity contribution is -0.274. The van der Waals surface area contributed by atoms with E-state index in [0.29, 0.717) is 44.4 Å². The van der Waals surface area contributed by atoms with Crippen molar-refractivity contribution in [2.24, 2.45) is 0 Å². The molecule has 0 bridgehead atoms. The van der Waals surface area contributed by atoms with Crippen molar-refractivity contribution < 1.29 is 31.8 Å². The molecule has 8 heteroatoms. The van der Waals surface area contributed by atoms with Gasteiger partial charge < -0.3 is 14.2 Å². The van der Waals surface area contributed by atoms with Crippen molar-refractivity contribution >= 4 is 21.7 Å². The fourth-order valence-electron chi connectivity index (χ4n) is 3.58. The topological polar surface area (TPSA) is 40.6 Å². The van der Waals surface area contributed by atoms with E-state index in [4.69, 9.17) is 9.47 Å². The first-order valence-corrected chi connectivity index (χ1v) is 8.52. The molecule has 0 saturated heterocycles. The summed E-state index contributed by atoms with van der Waals surface area (Å²) in [6, 6.07) is 11.8. The average molecular weight is 401 g/mol. The summed E-state index contributed by atoms with van der Waals surface area (Å²) in [6.45, 7) is 0. The summed E-state index contributed by atoms with van der Waals surface area (Å²) in [5, 5.41) is 1.49. The Morgan fingerprint density at radius 2 is 1.76 bits per heavy atom. The van der Waals surface area contributed by atoms with Crippen molar-refractivity contribution in [3.05, 3.63) is 54.3 Å². The molecule has 29 heavy (non-hydrogen) atoms. The highest BCUT2D eigenvalue weighted by Gasteiger charge is 2.32. The lowest BCUT2D eigenvalue weighted by atomic mass is 9.96. The SMILES string of the molecule is COc1cc(F)c2c(c1)nc1c3c(cccc32)Oc2cc(OC(F)(F)F)ccc2-1. The van der Waals surface area contributed by atoms with Crippen molar-refractivity contribution in [3.8, 4) is 34.3 Å². The summed E-state index contributed by atoms with van der Waals surface area (Å²) in [5.74, 6) is -0.0391. The molecule has 0 N–H and O–H groups in total. The largest absolute Gasteiger partial charge is 0.573 e. The molecule has 0 unspecified atom stereocenters. The van der Waals surface area contributed by atoms with Crippen molar-refractivity contribution in [1.82, 2.24) is 4.98 Å². The van der Waals surface area contributed by atoms with E-state index in [9.17, 15) is 17.6 Å². The van der Waals surface area contributed by atoms with Crippen LogP contribution in [0, 0.1) is 5.82 Å². The Kier molecular flexibility index (Phi) is 3.61. The zero-order chi connectivity index (χ0) is 20.3. The summed E-state index contributed by atoms with van der Waals surface area (Å²) in [7, 11) is 1.43. The van der Waals surface area contributed by atoms with Crippen LogP contribution in [0.3, 0.4) is 0 Å². The standard InChI is InChI=1S/C21H11F4NO3/c1-27-11-7-14(22)18-13-3-2-4-16-19(13)20(26-15(18)8-11)12-6-5-10(9-17(12)28-16)29-21(23,24)25/h2-9H,1H3. The fraction of sp³-hybridized carbons (Fsp3) is 0.0952. The Morgan fingerprint density at radius 1 is 0.931 bits per heavy atom. The molecule has 3 aromatic carbocycles. The van der Waals surface area contributed by atoms with Gasteiger partial charge in [-0.05, 0) is 23.6 Å². The summed E-state index contributed by atoms with van der Waals surface area (Å²) in [6.07, 6.45) is -4.82. The van der Waals surface area contributed by atoms with Gasteiger partial charge in [0.15, 0.2) is 0 Å². The van der Waals surface area contributed by atoms with E-state index in [1.54, 1.807) is 24.3 Å². The first-order valence-electron chi connectivity index (χ1n) is 8.52. The number of pyridine rings is 1. The van der Waals surface area contributed by atoms with Gasteiger partial charge in [-0.25, -0.2) is 9.37 Å². The molecule has 0 spiro atoms. The Morgan fingerprint density at radius 3 is 2.52 bits per heavy atom.